The number of aryl methyl sites for hydroxylation is 1. The van der Waals surface area contributed by atoms with Crippen LogP contribution in [0.25, 0.3) is 0 Å². The molecule has 0 saturated carbocycles. The Hall–Kier alpha value is -2.41. The molecule has 1 aliphatic heterocycles. The maximum absolute atomic E-state index is 11.5. The van der Waals surface area contributed by atoms with Crippen LogP contribution in [0.5, 0.6) is 0 Å². The van der Waals surface area contributed by atoms with Gasteiger partial charge in [-0.15, -0.1) is 0 Å². The van der Waals surface area contributed by atoms with Gasteiger partial charge in [0.15, 0.2) is 5.11 Å². The largest absolute Gasteiger partial charge is 0.469 e. The lowest BCUT2D eigenvalue weighted by atomic mass is 10.0. The summed E-state index contributed by atoms with van der Waals surface area (Å²) in [4.78, 5) is 18.2. The Morgan fingerprint density at radius 1 is 1.35 bits per heavy atom. The van der Waals surface area contributed by atoms with Crippen molar-refractivity contribution in [2.24, 2.45) is 0 Å². The molecule has 0 radical (unpaired) electrons. The third-order valence-corrected chi connectivity index (χ3v) is 5.07. The molecule has 6 nitrogen and oxygen atoms in total. The van der Waals surface area contributed by atoms with Crippen molar-refractivity contribution >= 4 is 23.3 Å². The third kappa shape index (κ3) is 3.72. The molecule has 0 bridgehead atoms. The minimum atomic E-state index is -0.196. The molecule has 0 aromatic carbocycles. The van der Waals surface area contributed by atoms with Crippen molar-refractivity contribution in [1.29, 1.82) is 0 Å². The Balaban J connectivity index is 1.89. The van der Waals surface area contributed by atoms with Crippen molar-refractivity contribution in [3.05, 3.63) is 54.1 Å². The Bertz CT molecular complexity index is 762. The van der Waals surface area contributed by atoms with E-state index in [-0.39, 0.29) is 18.1 Å². The van der Waals surface area contributed by atoms with E-state index in [2.05, 4.69) is 45.0 Å². The third-order valence-electron chi connectivity index (χ3n) is 4.71. The molecule has 0 amide bonds. The number of hydrogen-bond donors (Lipinski definition) is 1. The molecule has 1 fully saturated rings. The number of carbonyl (C=O) groups is 1. The molecule has 1 N–H and O–H groups in total. The predicted octanol–water partition coefficient (Wildman–Crippen LogP) is 2.83. The summed E-state index contributed by atoms with van der Waals surface area (Å²) < 4.78 is 6.97. The highest BCUT2D eigenvalue weighted by molar-refractivity contribution is 7.80. The van der Waals surface area contributed by atoms with Gasteiger partial charge in [0.2, 0.25) is 0 Å². The molecule has 0 aliphatic carbocycles. The molecule has 3 heterocycles. The fourth-order valence-electron chi connectivity index (χ4n) is 3.45. The molecule has 1 aliphatic rings. The van der Waals surface area contributed by atoms with Crippen molar-refractivity contribution < 1.29 is 9.53 Å². The first-order valence-electron chi connectivity index (χ1n) is 8.85. The van der Waals surface area contributed by atoms with Crippen molar-refractivity contribution in [2.45, 2.75) is 38.4 Å². The minimum absolute atomic E-state index is 0.0259. The summed E-state index contributed by atoms with van der Waals surface area (Å²) in [7, 11) is 1.42. The van der Waals surface area contributed by atoms with E-state index in [0.717, 1.165) is 12.2 Å². The zero-order chi connectivity index (χ0) is 18.5. The molecular weight excluding hydrogens is 348 g/mol. The number of nitrogens with one attached hydrogen (secondary N) is 1. The van der Waals surface area contributed by atoms with E-state index < -0.39 is 0 Å². The van der Waals surface area contributed by atoms with Crippen LogP contribution in [0.15, 0.2) is 42.7 Å². The van der Waals surface area contributed by atoms with E-state index in [4.69, 9.17) is 17.0 Å². The van der Waals surface area contributed by atoms with Gasteiger partial charge in [0.05, 0.1) is 24.9 Å². The average molecular weight is 372 g/mol. The van der Waals surface area contributed by atoms with Gasteiger partial charge in [-0.25, -0.2) is 0 Å². The molecule has 2 atom stereocenters. The van der Waals surface area contributed by atoms with Gasteiger partial charge in [-0.1, -0.05) is 6.07 Å². The zero-order valence-electron chi connectivity index (χ0n) is 15.1. The molecule has 0 unspecified atom stereocenters. The second-order valence-corrected chi connectivity index (χ2v) is 6.61. The first-order valence-corrected chi connectivity index (χ1v) is 9.26. The van der Waals surface area contributed by atoms with E-state index in [1.165, 1.54) is 12.8 Å². The van der Waals surface area contributed by atoms with Crippen molar-refractivity contribution in [3.63, 3.8) is 0 Å². The molecule has 3 rings (SSSR count). The Kier molecular flexibility index (Phi) is 5.88. The number of esters is 1. The fraction of sp³-hybridized carbons (Fsp3) is 0.421. The lowest BCUT2D eigenvalue weighted by Gasteiger charge is -2.28. The van der Waals surface area contributed by atoms with Crippen molar-refractivity contribution in [2.75, 3.05) is 13.7 Å². The van der Waals surface area contributed by atoms with Crippen LogP contribution in [-0.2, 0) is 16.1 Å². The molecular formula is C19H24N4O2S. The first kappa shape index (κ1) is 18.4. The number of hydrogen-bond acceptors (Lipinski definition) is 4. The van der Waals surface area contributed by atoms with E-state index >= 15 is 0 Å². The van der Waals surface area contributed by atoms with Crippen LogP contribution in [0.4, 0.5) is 0 Å². The van der Waals surface area contributed by atoms with Crippen LogP contribution in [0.1, 0.15) is 43.2 Å². The van der Waals surface area contributed by atoms with Crippen LogP contribution in [0, 0.1) is 0 Å². The number of pyridine rings is 1. The van der Waals surface area contributed by atoms with Gasteiger partial charge in [-0.3, -0.25) is 9.78 Å². The molecule has 7 heteroatoms. The van der Waals surface area contributed by atoms with Crippen LogP contribution < -0.4 is 5.32 Å². The number of rotatable bonds is 7. The van der Waals surface area contributed by atoms with Gasteiger partial charge in [0, 0.05) is 37.6 Å². The SMILES string of the molecule is CCn1cccc1[C@@H]1[C@H](c2ccccn2)NC(=S)N1CCCC(=O)OC. The number of aromatic nitrogens is 2. The van der Waals surface area contributed by atoms with Crippen LogP contribution in [0.3, 0.4) is 0 Å². The smallest absolute Gasteiger partial charge is 0.305 e. The first-order chi connectivity index (χ1) is 12.7. The monoisotopic (exact) mass is 372 g/mol. The summed E-state index contributed by atoms with van der Waals surface area (Å²) in [6.07, 6.45) is 4.95. The summed E-state index contributed by atoms with van der Waals surface area (Å²) in [6.45, 7) is 3.70. The molecule has 138 valence electrons. The number of methoxy groups -OCH3 is 1. The summed E-state index contributed by atoms with van der Waals surface area (Å²) in [6, 6.07) is 10.1. The van der Waals surface area contributed by atoms with E-state index in [1.807, 2.05) is 18.2 Å². The normalized spacial score (nSPS) is 19.5. The zero-order valence-corrected chi connectivity index (χ0v) is 15.9. The summed E-state index contributed by atoms with van der Waals surface area (Å²) in [5, 5.41) is 4.12. The Morgan fingerprint density at radius 2 is 2.19 bits per heavy atom. The van der Waals surface area contributed by atoms with Gasteiger partial charge < -0.3 is 19.5 Å². The fourth-order valence-corrected chi connectivity index (χ4v) is 3.78. The number of thiocarbonyl (C=S) groups is 1. The molecule has 0 spiro atoms. The van der Waals surface area contributed by atoms with Crippen LogP contribution >= 0.6 is 12.2 Å². The quantitative estimate of drug-likeness (QED) is 0.596. The lowest BCUT2D eigenvalue weighted by molar-refractivity contribution is -0.140. The van der Waals surface area contributed by atoms with Gasteiger partial charge >= 0.3 is 5.97 Å². The molecule has 1 saturated heterocycles. The highest BCUT2D eigenvalue weighted by Crippen LogP contribution is 2.38. The maximum atomic E-state index is 11.5. The van der Waals surface area contributed by atoms with Crippen molar-refractivity contribution in [1.82, 2.24) is 19.8 Å². The summed E-state index contributed by atoms with van der Waals surface area (Å²) in [5.41, 5.74) is 2.15. The highest BCUT2D eigenvalue weighted by atomic mass is 32.1. The number of ether oxygens (including phenoxy) is 1. The molecule has 2 aromatic rings. The van der Waals surface area contributed by atoms with Gasteiger partial charge in [-0.05, 0) is 49.8 Å². The summed E-state index contributed by atoms with van der Waals surface area (Å²) >= 11 is 5.62. The van der Waals surface area contributed by atoms with E-state index in [0.29, 0.717) is 24.5 Å². The summed E-state index contributed by atoms with van der Waals surface area (Å²) in [5.74, 6) is -0.196. The van der Waals surface area contributed by atoms with Crippen LogP contribution in [0.2, 0.25) is 0 Å². The standard InChI is InChI=1S/C19H24N4O2S/c1-3-22-12-6-9-15(22)18-17(14-8-4-5-11-20-14)21-19(26)23(18)13-7-10-16(24)25-2/h4-6,8-9,11-12,17-18H,3,7,10,13H2,1-2H3,(H,21,26)/t17-,18+/m0/s1. The van der Waals surface area contributed by atoms with E-state index in [9.17, 15) is 4.79 Å². The topological polar surface area (TPSA) is 59.4 Å². The Morgan fingerprint density at radius 3 is 2.88 bits per heavy atom. The molecule has 26 heavy (non-hydrogen) atoms. The van der Waals surface area contributed by atoms with Gasteiger partial charge in [-0.2, -0.15) is 0 Å². The maximum Gasteiger partial charge on any atom is 0.305 e. The van der Waals surface area contributed by atoms with E-state index in [1.54, 1.807) is 6.20 Å². The highest BCUT2D eigenvalue weighted by Gasteiger charge is 2.40. The molecule has 2 aromatic heterocycles. The second kappa shape index (κ2) is 8.31. The second-order valence-electron chi connectivity index (χ2n) is 6.22. The lowest BCUT2D eigenvalue weighted by Crippen LogP contribution is -2.31. The Labute approximate surface area is 159 Å². The predicted molar refractivity (Wildman–Crippen MR) is 104 cm³/mol. The van der Waals surface area contributed by atoms with Gasteiger partial charge in [0.1, 0.15) is 0 Å². The van der Waals surface area contributed by atoms with Gasteiger partial charge in [0.25, 0.3) is 0 Å². The number of carbonyl (C=O) groups excluding carboxylic acids is 1. The van der Waals surface area contributed by atoms with Crippen LogP contribution in [-0.4, -0.2) is 39.2 Å². The number of nitrogens with zero attached hydrogens (tertiary/aromatic N) is 3. The minimum Gasteiger partial charge on any atom is -0.469 e. The average Bonchev–Trinajstić information content (AvgIpc) is 3.26. The van der Waals surface area contributed by atoms with Crippen molar-refractivity contribution in [3.8, 4) is 0 Å².